The van der Waals surface area contributed by atoms with E-state index in [4.69, 9.17) is 9.15 Å². The highest BCUT2D eigenvalue weighted by molar-refractivity contribution is 5.53. The van der Waals surface area contributed by atoms with Gasteiger partial charge in [0, 0.05) is 23.9 Å². The molecule has 0 atom stereocenters. The fourth-order valence-corrected chi connectivity index (χ4v) is 2.93. The molecular formula is C21H21N5O2. The van der Waals surface area contributed by atoms with Gasteiger partial charge in [0.15, 0.2) is 0 Å². The van der Waals surface area contributed by atoms with Crippen molar-refractivity contribution in [1.29, 1.82) is 0 Å². The van der Waals surface area contributed by atoms with E-state index in [2.05, 4.69) is 20.2 Å². The van der Waals surface area contributed by atoms with Crippen molar-refractivity contribution in [2.75, 3.05) is 14.2 Å². The summed E-state index contributed by atoms with van der Waals surface area (Å²) in [6.07, 6.45) is 3.91. The number of nitrogens with zero attached hydrogens (tertiary/aromatic N) is 5. The van der Waals surface area contributed by atoms with Crippen molar-refractivity contribution in [3.05, 3.63) is 78.4 Å². The van der Waals surface area contributed by atoms with Crippen LogP contribution in [-0.2, 0) is 13.1 Å². The molecule has 0 aliphatic rings. The third-order valence-electron chi connectivity index (χ3n) is 4.32. The lowest BCUT2D eigenvalue weighted by Gasteiger charge is -2.12. The summed E-state index contributed by atoms with van der Waals surface area (Å²) in [5, 5.41) is 12.7. The van der Waals surface area contributed by atoms with Crippen molar-refractivity contribution in [2.24, 2.45) is 0 Å². The van der Waals surface area contributed by atoms with E-state index in [1.165, 1.54) is 0 Å². The minimum Gasteiger partial charge on any atom is -0.497 e. The molecule has 0 radical (unpaired) electrons. The Hall–Kier alpha value is -3.45. The van der Waals surface area contributed by atoms with Crippen LogP contribution in [0.2, 0.25) is 0 Å². The Labute approximate surface area is 163 Å². The molecule has 0 amide bonds. The maximum Gasteiger partial charge on any atom is 0.247 e. The maximum absolute atomic E-state index is 5.80. The summed E-state index contributed by atoms with van der Waals surface area (Å²) in [5.41, 5.74) is 3.02. The first-order chi connectivity index (χ1) is 13.7. The molecule has 4 aromatic rings. The molecule has 2 aromatic heterocycles. The second-order valence-corrected chi connectivity index (χ2v) is 6.53. The molecule has 0 spiro atoms. The number of ether oxygens (including phenoxy) is 1. The van der Waals surface area contributed by atoms with E-state index in [9.17, 15) is 0 Å². The first-order valence-electron chi connectivity index (χ1n) is 8.95. The van der Waals surface area contributed by atoms with E-state index >= 15 is 0 Å². The van der Waals surface area contributed by atoms with E-state index in [0.717, 1.165) is 29.1 Å². The zero-order valence-corrected chi connectivity index (χ0v) is 15.8. The van der Waals surface area contributed by atoms with E-state index in [1.807, 2.05) is 78.7 Å². The van der Waals surface area contributed by atoms with Gasteiger partial charge < -0.3 is 9.15 Å². The van der Waals surface area contributed by atoms with Crippen molar-refractivity contribution >= 4 is 0 Å². The van der Waals surface area contributed by atoms with Gasteiger partial charge in [-0.05, 0) is 43.4 Å². The number of rotatable bonds is 7. The first kappa shape index (κ1) is 17.9. The van der Waals surface area contributed by atoms with Crippen LogP contribution in [0.3, 0.4) is 0 Å². The van der Waals surface area contributed by atoms with Gasteiger partial charge in [0.25, 0.3) is 0 Å². The van der Waals surface area contributed by atoms with E-state index in [0.29, 0.717) is 18.3 Å². The number of para-hydroxylation sites is 1. The number of methoxy groups -OCH3 is 1. The van der Waals surface area contributed by atoms with E-state index in [1.54, 1.807) is 7.11 Å². The van der Waals surface area contributed by atoms with Gasteiger partial charge in [0.1, 0.15) is 5.75 Å². The summed E-state index contributed by atoms with van der Waals surface area (Å²) in [6.45, 7) is 1.28. The average molecular weight is 375 g/mol. The fraction of sp³-hybridized carbons (Fsp3) is 0.190. The molecule has 0 unspecified atom stereocenters. The molecule has 0 N–H and O–H groups in total. The normalized spacial score (nSPS) is 11.1. The Morgan fingerprint density at radius 1 is 1.00 bits per heavy atom. The molecule has 7 heteroatoms. The first-order valence-corrected chi connectivity index (χ1v) is 8.95. The number of aromatic nitrogens is 4. The topological polar surface area (TPSA) is 69.2 Å². The standard InChI is InChI=1S/C21H21N5O2/c1-25(13-16-12-22-26(14-16)18-6-4-3-5-7-18)15-20-23-24-21(28-20)17-8-10-19(27-2)11-9-17/h3-12,14H,13,15H2,1-2H3. The monoisotopic (exact) mass is 375 g/mol. The predicted molar refractivity (Wildman–Crippen MR) is 105 cm³/mol. The van der Waals surface area contributed by atoms with Crippen LogP contribution in [0.4, 0.5) is 0 Å². The highest BCUT2D eigenvalue weighted by atomic mass is 16.5. The average Bonchev–Trinajstić information content (AvgIpc) is 3.38. The van der Waals surface area contributed by atoms with Gasteiger partial charge in [-0.2, -0.15) is 5.10 Å². The van der Waals surface area contributed by atoms with Crippen LogP contribution >= 0.6 is 0 Å². The zero-order valence-electron chi connectivity index (χ0n) is 15.8. The van der Waals surface area contributed by atoms with Gasteiger partial charge in [-0.15, -0.1) is 10.2 Å². The zero-order chi connectivity index (χ0) is 19.3. The van der Waals surface area contributed by atoms with Crippen LogP contribution in [0, 0.1) is 0 Å². The Morgan fingerprint density at radius 2 is 1.79 bits per heavy atom. The lowest BCUT2D eigenvalue weighted by atomic mass is 10.2. The van der Waals surface area contributed by atoms with E-state index in [-0.39, 0.29) is 0 Å². The number of hydrogen-bond donors (Lipinski definition) is 0. The molecule has 0 bridgehead atoms. The lowest BCUT2D eigenvalue weighted by Crippen LogP contribution is -2.17. The Bertz CT molecular complexity index is 1020. The lowest BCUT2D eigenvalue weighted by molar-refractivity contribution is 0.283. The highest BCUT2D eigenvalue weighted by Crippen LogP contribution is 2.21. The number of benzene rings is 2. The molecule has 0 saturated heterocycles. The second-order valence-electron chi connectivity index (χ2n) is 6.53. The van der Waals surface area contributed by atoms with Gasteiger partial charge in [-0.25, -0.2) is 4.68 Å². The predicted octanol–water partition coefficient (Wildman–Crippen LogP) is 3.56. The van der Waals surface area contributed by atoms with Gasteiger partial charge >= 0.3 is 0 Å². The molecule has 4 rings (SSSR count). The largest absolute Gasteiger partial charge is 0.497 e. The van der Waals surface area contributed by atoms with Gasteiger partial charge in [0.2, 0.25) is 11.8 Å². The quantitative estimate of drug-likeness (QED) is 0.492. The van der Waals surface area contributed by atoms with Gasteiger partial charge in [0.05, 0.1) is 25.5 Å². The molecule has 0 fully saturated rings. The molecular weight excluding hydrogens is 354 g/mol. The molecule has 2 heterocycles. The Morgan fingerprint density at radius 3 is 2.54 bits per heavy atom. The molecule has 0 aliphatic carbocycles. The molecule has 142 valence electrons. The minimum atomic E-state index is 0.503. The van der Waals surface area contributed by atoms with Crippen molar-refractivity contribution in [1.82, 2.24) is 24.9 Å². The third kappa shape index (κ3) is 4.10. The van der Waals surface area contributed by atoms with Gasteiger partial charge in [-0.3, -0.25) is 4.90 Å². The smallest absolute Gasteiger partial charge is 0.247 e. The summed E-state index contributed by atoms with van der Waals surface area (Å²) in [5.74, 6) is 1.87. The molecule has 0 aliphatic heterocycles. The molecule has 7 nitrogen and oxygen atoms in total. The SMILES string of the molecule is COc1ccc(-c2nnc(CN(C)Cc3cnn(-c4ccccc4)c3)o2)cc1. The maximum atomic E-state index is 5.80. The molecule has 2 aromatic carbocycles. The minimum absolute atomic E-state index is 0.503. The third-order valence-corrected chi connectivity index (χ3v) is 4.32. The summed E-state index contributed by atoms with van der Waals surface area (Å²) >= 11 is 0. The van der Waals surface area contributed by atoms with Crippen LogP contribution in [-0.4, -0.2) is 39.0 Å². The van der Waals surface area contributed by atoms with Crippen molar-refractivity contribution < 1.29 is 9.15 Å². The molecule has 28 heavy (non-hydrogen) atoms. The summed E-state index contributed by atoms with van der Waals surface area (Å²) in [7, 11) is 3.65. The van der Waals surface area contributed by atoms with Crippen molar-refractivity contribution in [3.63, 3.8) is 0 Å². The Kier molecular flexibility index (Phi) is 5.16. The highest BCUT2D eigenvalue weighted by Gasteiger charge is 2.12. The van der Waals surface area contributed by atoms with Crippen LogP contribution in [0.5, 0.6) is 5.75 Å². The van der Waals surface area contributed by atoms with E-state index < -0.39 is 0 Å². The van der Waals surface area contributed by atoms with Crippen LogP contribution in [0.25, 0.3) is 17.1 Å². The van der Waals surface area contributed by atoms with Crippen LogP contribution in [0.1, 0.15) is 11.5 Å². The van der Waals surface area contributed by atoms with Crippen LogP contribution < -0.4 is 4.74 Å². The summed E-state index contributed by atoms with van der Waals surface area (Å²) in [4.78, 5) is 2.11. The van der Waals surface area contributed by atoms with Gasteiger partial charge in [-0.1, -0.05) is 18.2 Å². The second kappa shape index (κ2) is 8.06. The number of hydrogen-bond acceptors (Lipinski definition) is 6. The van der Waals surface area contributed by atoms with Crippen molar-refractivity contribution in [2.45, 2.75) is 13.1 Å². The summed E-state index contributed by atoms with van der Waals surface area (Å²) < 4.78 is 12.8. The van der Waals surface area contributed by atoms with Crippen LogP contribution in [0.15, 0.2) is 71.4 Å². The van der Waals surface area contributed by atoms with Crippen molar-refractivity contribution in [3.8, 4) is 22.9 Å². The molecule has 0 saturated carbocycles. The Balaban J connectivity index is 1.38. The summed E-state index contributed by atoms with van der Waals surface area (Å²) in [6, 6.07) is 17.6. The fourth-order valence-electron chi connectivity index (χ4n) is 2.93.